The second-order valence-electron chi connectivity index (χ2n) is 4.41. The summed E-state index contributed by atoms with van der Waals surface area (Å²) < 4.78 is 48.7. The zero-order chi connectivity index (χ0) is 14.3. The van der Waals surface area contributed by atoms with Crippen molar-refractivity contribution < 1.29 is 22.6 Å². The molecule has 0 radical (unpaired) electrons. The number of hydrogen-bond donors (Lipinski definition) is 1. The van der Waals surface area contributed by atoms with Crippen LogP contribution in [0.2, 0.25) is 0 Å². The number of fused-ring (bicyclic) bond motifs is 1. The van der Waals surface area contributed by atoms with Crippen LogP contribution in [0.1, 0.15) is 5.56 Å². The van der Waals surface area contributed by atoms with Crippen molar-refractivity contribution >= 4 is 5.69 Å². The summed E-state index contributed by atoms with van der Waals surface area (Å²) in [6.45, 7) is 0.115. The van der Waals surface area contributed by atoms with Crippen LogP contribution in [0.5, 0.6) is 11.5 Å². The Bertz CT molecular complexity index is 668. The maximum absolute atomic E-state index is 12.8. The number of alkyl halides is 3. The van der Waals surface area contributed by atoms with Gasteiger partial charge < -0.3 is 15.2 Å². The van der Waals surface area contributed by atoms with E-state index in [9.17, 15) is 13.2 Å². The molecule has 0 spiro atoms. The number of halogens is 3. The number of nitrogens with two attached hydrogens (primary N) is 1. The summed E-state index contributed by atoms with van der Waals surface area (Å²) in [4.78, 5) is 0. The van der Waals surface area contributed by atoms with Gasteiger partial charge in [0.05, 0.1) is 5.56 Å². The molecule has 0 saturated carbocycles. The van der Waals surface area contributed by atoms with Crippen molar-refractivity contribution in [2.24, 2.45) is 0 Å². The monoisotopic (exact) mass is 281 g/mol. The van der Waals surface area contributed by atoms with Gasteiger partial charge in [0.2, 0.25) is 6.79 Å². The molecule has 0 amide bonds. The summed E-state index contributed by atoms with van der Waals surface area (Å²) in [5, 5.41) is 0. The van der Waals surface area contributed by atoms with E-state index < -0.39 is 11.7 Å². The lowest BCUT2D eigenvalue weighted by atomic mass is 10.0. The van der Waals surface area contributed by atoms with Crippen LogP contribution in [-0.2, 0) is 6.18 Å². The summed E-state index contributed by atoms with van der Waals surface area (Å²) in [6.07, 6.45) is -4.43. The number of nitrogen functional groups attached to an aromatic ring is 1. The highest BCUT2D eigenvalue weighted by Gasteiger charge is 2.31. The van der Waals surface area contributed by atoms with Gasteiger partial charge in [-0.15, -0.1) is 0 Å². The van der Waals surface area contributed by atoms with Gasteiger partial charge in [0.15, 0.2) is 11.5 Å². The second-order valence-corrected chi connectivity index (χ2v) is 4.41. The molecule has 0 unspecified atom stereocenters. The van der Waals surface area contributed by atoms with Crippen LogP contribution in [0.3, 0.4) is 0 Å². The van der Waals surface area contributed by atoms with Gasteiger partial charge in [0.1, 0.15) is 0 Å². The van der Waals surface area contributed by atoms with Crippen molar-refractivity contribution in [3.8, 4) is 22.6 Å². The first-order valence-corrected chi connectivity index (χ1v) is 5.81. The van der Waals surface area contributed by atoms with Crippen molar-refractivity contribution in [3.63, 3.8) is 0 Å². The molecule has 0 saturated heterocycles. The summed E-state index contributed by atoms with van der Waals surface area (Å²) >= 11 is 0. The molecule has 20 heavy (non-hydrogen) atoms. The molecule has 2 aromatic carbocycles. The molecule has 3 rings (SSSR count). The normalized spacial score (nSPS) is 13.6. The first-order chi connectivity index (χ1) is 9.43. The van der Waals surface area contributed by atoms with E-state index in [0.29, 0.717) is 22.6 Å². The van der Waals surface area contributed by atoms with Gasteiger partial charge >= 0.3 is 6.18 Å². The van der Waals surface area contributed by atoms with E-state index in [1.807, 2.05) is 0 Å². The molecule has 1 aliphatic rings. The van der Waals surface area contributed by atoms with Crippen LogP contribution < -0.4 is 15.2 Å². The SMILES string of the molecule is Nc1cc(-c2ccc3c(c2)OCO3)cc(C(F)(F)F)c1. The summed E-state index contributed by atoms with van der Waals surface area (Å²) in [5.41, 5.74) is 5.81. The summed E-state index contributed by atoms with van der Waals surface area (Å²) in [7, 11) is 0. The number of hydrogen-bond acceptors (Lipinski definition) is 3. The minimum atomic E-state index is -4.43. The van der Waals surface area contributed by atoms with E-state index in [4.69, 9.17) is 15.2 Å². The van der Waals surface area contributed by atoms with Crippen LogP contribution in [0, 0.1) is 0 Å². The Labute approximate surface area is 112 Å². The maximum atomic E-state index is 12.8. The lowest BCUT2D eigenvalue weighted by molar-refractivity contribution is -0.137. The molecule has 0 atom stereocenters. The average molecular weight is 281 g/mol. The van der Waals surface area contributed by atoms with Gasteiger partial charge in [-0.05, 0) is 41.5 Å². The Balaban J connectivity index is 2.08. The molecule has 6 heteroatoms. The van der Waals surface area contributed by atoms with Gasteiger partial charge in [-0.2, -0.15) is 13.2 Å². The Hall–Kier alpha value is -2.37. The molecule has 3 nitrogen and oxygen atoms in total. The number of rotatable bonds is 1. The second kappa shape index (κ2) is 4.33. The molecule has 2 aromatic rings. The van der Waals surface area contributed by atoms with Crippen molar-refractivity contribution in [1.29, 1.82) is 0 Å². The fraction of sp³-hybridized carbons (Fsp3) is 0.143. The van der Waals surface area contributed by atoms with Crippen molar-refractivity contribution in [2.75, 3.05) is 12.5 Å². The third-order valence-corrected chi connectivity index (χ3v) is 2.99. The Morgan fingerprint density at radius 1 is 0.900 bits per heavy atom. The molecule has 2 N–H and O–H groups in total. The number of benzene rings is 2. The number of ether oxygens (including phenoxy) is 2. The maximum Gasteiger partial charge on any atom is 0.416 e. The number of anilines is 1. The van der Waals surface area contributed by atoms with Gasteiger partial charge in [0.25, 0.3) is 0 Å². The van der Waals surface area contributed by atoms with E-state index in [1.54, 1.807) is 18.2 Å². The van der Waals surface area contributed by atoms with Gasteiger partial charge in [-0.1, -0.05) is 6.07 Å². The minimum Gasteiger partial charge on any atom is -0.454 e. The molecule has 0 aliphatic carbocycles. The van der Waals surface area contributed by atoms with Gasteiger partial charge in [0, 0.05) is 5.69 Å². The summed E-state index contributed by atoms with van der Waals surface area (Å²) in [6, 6.07) is 8.44. The van der Waals surface area contributed by atoms with Gasteiger partial charge in [-0.3, -0.25) is 0 Å². The highest BCUT2D eigenvalue weighted by atomic mass is 19.4. The molecule has 0 fully saturated rings. The Morgan fingerprint density at radius 3 is 2.40 bits per heavy atom. The smallest absolute Gasteiger partial charge is 0.416 e. The first kappa shape index (κ1) is 12.7. The molecule has 0 aromatic heterocycles. The van der Waals surface area contributed by atoms with Crippen LogP contribution >= 0.6 is 0 Å². The standard InChI is InChI=1S/C14H10F3NO2/c15-14(16,17)10-3-9(4-11(18)6-10)8-1-2-12-13(5-8)20-7-19-12/h1-6H,7,18H2. The van der Waals surface area contributed by atoms with Crippen molar-refractivity contribution in [1.82, 2.24) is 0 Å². The van der Waals surface area contributed by atoms with E-state index in [0.717, 1.165) is 12.1 Å². The molecule has 1 heterocycles. The van der Waals surface area contributed by atoms with Crippen LogP contribution in [0.4, 0.5) is 18.9 Å². The molecule has 1 aliphatic heterocycles. The predicted molar refractivity (Wildman–Crippen MR) is 67.4 cm³/mol. The fourth-order valence-corrected chi connectivity index (χ4v) is 2.06. The zero-order valence-electron chi connectivity index (χ0n) is 10.2. The van der Waals surface area contributed by atoms with E-state index in [-0.39, 0.29) is 12.5 Å². The highest BCUT2D eigenvalue weighted by molar-refractivity contribution is 5.71. The predicted octanol–water partition coefficient (Wildman–Crippen LogP) is 3.68. The zero-order valence-corrected chi connectivity index (χ0v) is 10.2. The van der Waals surface area contributed by atoms with E-state index in [2.05, 4.69) is 0 Å². The summed E-state index contributed by atoms with van der Waals surface area (Å²) in [5.74, 6) is 1.09. The van der Waals surface area contributed by atoms with Gasteiger partial charge in [-0.25, -0.2) is 0 Å². The van der Waals surface area contributed by atoms with Crippen LogP contribution in [-0.4, -0.2) is 6.79 Å². The lowest BCUT2D eigenvalue weighted by Crippen LogP contribution is -2.06. The topological polar surface area (TPSA) is 44.5 Å². The van der Waals surface area contributed by atoms with Crippen LogP contribution in [0.15, 0.2) is 36.4 Å². The quantitative estimate of drug-likeness (QED) is 0.811. The Kier molecular flexibility index (Phi) is 2.74. The lowest BCUT2D eigenvalue weighted by Gasteiger charge is -2.11. The van der Waals surface area contributed by atoms with Crippen molar-refractivity contribution in [2.45, 2.75) is 6.18 Å². The molecule has 0 bridgehead atoms. The van der Waals surface area contributed by atoms with E-state index >= 15 is 0 Å². The third kappa shape index (κ3) is 2.24. The molecular formula is C14H10F3NO2. The Morgan fingerprint density at radius 2 is 1.65 bits per heavy atom. The van der Waals surface area contributed by atoms with Crippen molar-refractivity contribution in [3.05, 3.63) is 42.0 Å². The highest BCUT2D eigenvalue weighted by Crippen LogP contribution is 2.38. The molecular weight excluding hydrogens is 271 g/mol. The largest absolute Gasteiger partial charge is 0.454 e. The van der Waals surface area contributed by atoms with E-state index in [1.165, 1.54) is 6.07 Å². The molecule has 104 valence electrons. The first-order valence-electron chi connectivity index (χ1n) is 5.81. The fourth-order valence-electron chi connectivity index (χ4n) is 2.06. The third-order valence-electron chi connectivity index (χ3n) is 2.99. The minimum absolute atomic E-state index is 0.0625. The average Bonchev–Trinajstić information content (AvgIpc) is 2.84. The van der Waals surface area contributed by atoms with Crippen LogP contribution in [0.25, 0.3) is 11.1 Å².